The number of carbonyl (C=O) groups excluding carboxylic acids is 1. The maximum Gasteiger partial charge on any atom is 0.224 e. The summed E-state index contributed by atoms with van der Waals surface area (Å²) in [5.74, 6) is 2.10. The normalized spacial score (nSPS) is 20.2. The third-order valence-corrected chi connectivity index (χ3v) is 6.95. The molecule has 0 unspecified atom stereocenters. The summed E-state index contributed by atoms with van der Waals surface area (Å²) in [5.41, 5.74) is 0.957. The quantitative estimate of drug-likeness (QED) is 0.613. The van der Waals surface area contributed by atoms with Gasteiger partial charge in [-0.25, -0.2) is 4.98 Å². The fourth-order valence-corrected chi connectivity index (χ4v) is 5.57. The van der Waals surface area contributed by atoms with Crippen LogP contribution < -0.4 is 10.1 Å². The van der Waals surface area contributed by atoms with E-state index in [9.17, 15) is 4.79 Å². The highest BCUT2D eigenvalue weighted by atomic mass is 32.2. The van der Waals surface area contributed by atoms with Gasteiger partial charge in [0.2, 0.25) is 5.91 Å². The molecule has 0 bridgehead atoms. The van der Waals surface area contributed by atoms with Gasteiger partial charge in [0.1, 0.15) is 12.3 Å². The number of rotatable bonds is 6. The van der Waals surface area contributed by atoms with Crippen LogP contribution in [0.3, 0.4) is 0 Å². The SMILES string of the molecule is COc1ccc2sc(SC[C@@H]3CCCC[C@H]3C(=O)NCC#N)nc2c1. The number of nitrogens with one attached hydrogen (secondary N) is 1. The summed E-state index contributed by atoms with van der Waals surface area (Å²) in [5, 5.41) is 11.4. The number of thioether (sulfide) groups is 1. The van der Waals surface area contributed by atoms with Crippen LogP contribution in [0.5, 0.6) is 5.75 Å². The van der Waals surface area contributed by atoms with Crippen LogP contribution in [0.4, 0.5) is 0 Å². The molecule has 0 saturated heterocycles. The summed E-state index contributed by atoms with van der Waals surface area (Å²) in [7, 11) is 1.66. The maximum absolute atomic E-state index is 12.3. The molecule has 0 spiro atoms. The lowest BCUT2D eigenvalue weighted by Crippen LogP contribution is -2.37. The molecule has 132 valence electrons. The molecule has 0 aliphatic heterocycles. The van der Waals surface area contributed by atoms with Gasteiger partial charge in [0.25, 0.3) is 0 Å². The number of aromatic nitrogens is 1. The lowest BCUT2D eigenvalue weighted by molar-refractivity contribution is -0.127. The van der Waals surface area contributed by atoms with Crippen molar-refractivity contribution in [3.05, 3.63) is 18.2 Å². The first-order valence-corrected chi connectivity index (χ1v) is 10.2. The molecule has 1 aliphatic carbocycles. The van der Waals surface area contributed by atoms with Crippen LogP contribution in [-0.4, -0.2) is 30.3 Å². The number of nitriles is 1. The average Bonchev–Trinajstić information content (AvgIpc) is 3.06. The number of thiazole rings is 1. The first-order chi connectivity index (χ1) is 12.2. The Morgan fingerprint density at radius 3 is 3.12 bits per heavy atom. The fraction of sp³-hybridized carbons (Fsp3) is 0.500. The molecule has 5 nitrogen and oxygen atoms in total. The molecule has 1 aliphatic rings. The van der Waals surface area contributed by atoms with Gasteiger partial charge in [0.15, 0.2) is 4.34 Å². The first-order valence-electron chi connectivity index (χ1n) is 8.43. The zero-order valence-corrected chi connectivity index (χ0v) is 15.8. The summed E-state index contributed by atoms with van der Waals surface area (Å²) in [6, 6.07) is 7.92. The number of carbonyl (C=O) groups is 1. The molecule has 1 fully saturated rings. The van der Waals surface area contributed by atoms with Crippen LogP contribution in [0.15, 0.2) is 22.5 Å². The van der Waals surface area contributed by atoms with Crippen molar-refractivity contribution >= 4 is 39.2 Å². The van der Waals surface area contributed by atoms with Crippen molar-refractivity contribution in [2.75, 3.05) is 19.4 Å². The number of benzene rings is 1. The van der Waals surface area contributed by atoms with Crippen molar-refractivity contribution < 1.29 is 9.53 Å². The van der Waals surface area contributed by atoms with Gasteiger partial charge >= 0.3 is 0 Å². The molecular weight excluding hydrogens is 354 g/mol. The predicted octanol–water partition coefficient (Wildman–Crippen LogP) is 3.84. The van der Waals surface area contributed by atoms with E-state index in [4.69, 9.17) is 10.00 Å². The van der Waals surface area contributed by atoms with Crippen molar-refractivity contribution in [2.24, 2.45) is 11.8 Å². The molecule has 1 heterocycles. The Morgan fingerprint density at radius 1 is 1.48 bits per heavy atom. The summed E-state index contributed by atoms with van der Waals surface area (Å²) in [6.07, 6.45) is 4.24. The van der Waals surface area contributed by atoms with Gasteiger partial charge in [-0.2, -0.15) is 5.26 Å². The van der Waals surface area contributed by atoms with Gasteiger partial charge in [0, 0.05) is 17.7 Å². The van der Waals surface area contributed by atoms with Crippen LogP contribution in [0.1, 0.15) is 25.7 Å². The lowest BCUT2D eigenvalue weighted by Gasteiger charge is -2.29. The highest BCUT2D eigenvalue weighted by Crippen LogP contribution is 2.37. The van der Waals surface area contributed by atoms with E-state index >= 15 is 0 Å². The second-order valence-corrected chi connectivity index (χ2v) is 8.45. The van der Waals surface area contributed by atoms with E-state index in [1.807, 2.05) is 24.3 Å². The maximum atomic E-state index is 12.3. The molecule has 7 heteroatoms. The molecule has 25 heavy (non-hydrogen) atoms. The van der Waals surface area contributed by atoms with Crippen molar-refractivity contribution in [1.29, 1.82) is 5.26 Å². The van der Waals surface area contributed by atoms with Gasteiger partial charge in [-0.15, -0.1) is 11.3 Å². The number of fused-ring (bicyclic) bond motifs is 1. The number of amides is 1. The molecule has 3 rings (SSSR count). The highest BCUT2D eigenvalue weighted by molar-refractivity contribution is 8.01. The largest absolute Gasteiger partial charge is 0.497 e. The summed E-state index contributed by atoms with van der Waals surface area (Å²) in [4.78, 5) is 17.0. The van der Waals surface area contributed by atoms with Crippen LogP contribution in [0.2, 0.25) is 0 Å². The summed E-state index contributed by atoms with van der Waals surface area (Å²) in [6.45, 7) is 0.0922. The molecule has 0 radical (unpaired) electrons. The van der Waals surface area contributed by atoms with E-state index in [-0.39, 0.29) is 18.4 Å². The molecule has 1 N–H and O–H groups in total. The molecule has 1 saturated carbocycles. The highest BCUT2D eigenvalue weighted by Gasteiger charge is 2.30. The molecule has 2 atom stereocenters. The molecule has 1 aromatic heterocycles. The van der Waals surface area contributed by atoms with Gasteiger partial charge in [-0.1, -0.05) is 24.6 Å². The second-order valence-electron chi connectivity index (χ2n) is 6.15. The van der Waals surface area contributed by atoms with E-state index in [2.05, 4.69) is 10.3 Å². The Balaban J connectivity index is 1.64. The summed E-state index contributed by atoms with van der Waals surface area (Å²) >= 11 is 3.41. The van der Waals surface area contributed by atoms with Crippen molar-refractivity contribution in [3.8, 4) is 11.8 Å². The number of ether oxygens (including phenoxy) is 1. The van der Waals surface area contributed by atoms with Gasteiger partial charge in [-0.05, 0) is 30.9 Å². The minimum absolute atomic E-state index is 0.0177. The van der Waals surface area contributed by atoms with E-state index in [0.29, 0.717) is 5.92 Å². The number of nitrogens with zero attached hydrogens (tertiary/aromatic N) is 2. The van der Waals surface area contributed by atoms with E-state index in [1.165, 1.54) is 6.42 Å². The Bertz CT molecular complexity index is 784. The van der Waals surface area contributed by atoms with Crippen molar-refractivity contribution in [2.45, 2.75) is 30.0 Å². The van der Waals surface area contributed by atoms with E-state index < -0.39 is 0 Å². The topological polar surface area (TPSA) is 75.0 Å². The Labute approximate surface area is 155 Å². The molecule has 1 aromatic carbocycles. The molecular formula is C18H21N3O2S2. The van der Waals surface area contributed by atoms with Crippen LogP contribution in [0.25, 0.3) is 10.2 Å². The predicted molar refractivity (Wildman–Crippen MR) is 101 cm³/mol. The smallest absolute Gasteiger partial charge is 0.224 e. The zero-order chi connectivity index (χ0) is 17.6. The second kappa shape index (κ2) is 8.54. The van der Waals surface area contributed by atoms with Crippen molar-refractivity contribution in [1.82, 2.24) is 10.3 Å². The first kappa shape index (κ1) is 18.0. The Morgan fingerprint density at radius 2 is 2.32 bits per heavy atom. The Kier molecular flexibility index (Phi) is 6.16. The minimum atomic E-state index is 0.0177. The number of hydrogen-bond donors (Lipinski definition) is 1. The number of methoxy groups -OCH3 is 1. The fourth-order valence-electron chi connectivity index (χ4n) is 3.26. The van der Waals surface area contributed by atoms with Gasteiger partial charge < -0.3 is 10.1 Å². The van der Waals surface area contributed by atoms with E-state index in [1.54, 1.807) is 30.2 Å². The van der Waals surface area contributed by atoms with Crippen molar-refractivity contribution in [3.63, 3.8) is 0 Å². The zero-order valence-electron chi connectivity index (χ0n) is 14.2. The van der Waals surface area contributed by atoms with Crippen LogP contribution >= 0.6 is 23.1 Å². The lowest BCUT2D eigenvalue weighted by atomic mass is 9.80. The third kappa shape index (κ3) is 4.44. The van der Waals surface area contributed by atoms with E-state index in [0.717, 1.165) is 45.3 Å². The molecule has 2 aromatic rings. The van der Waals surface area contributed by atoms with Crippen LogP contribution in [0, 0.1) is 23.2 Å². The molecule has 1 amide bonds. The van der Waals surface area contributed by atoms with Gasteiger partial charge in [-0.3, -0.25) is 4.79 Å². The van der Waals surface area contributed by atoms with Crippen LogP contribution in [-0.2, 0) is 4.79 Å². The standard InChI is InChI=1S/C18H21N3O2S2/c1-23-13-6-7-16-15(10-13)21-18(25-16)24-11-12-4-2-3-5-14(12)17(22)20-9-8-19/h6-7,10,12,14H,2-5,9,11H2,1H3,(H,20,22)/t12-,14+/m0/s1. The number of hydrogen-bond acceptors (Lipinski definition) is 6. The third-order valence-electron chi connectivity index (χ3n) is 4.58. The summed E-state index contributed by atoms with van der Waals surface area (Å²) < 4.78 is 7.43. The Hall–Kier alpha value is -1.78. The minimum Gasteiger partial charge on any atom is -0.497 e. The van der Waals surface area contributed by atoms with Gasteiger partial charge in [0.05, 0.1) is 23.4 Å². The average molecular weight is 376 g/mol. The monoisotopic (exact) mass is 375 g/mol.